The summed E-state index contributed by atoms with van der Waals surface area (Å²) in [7, 11) is 3.41. The van der Waals surface area contributed by atoms with Crippen LogP contribution in [0.2, 0.25) is 0 Å². The molecule has 1 aromatic carbocycles. The Balaban J connectivity index is 1.27. The fourth-order valence-electron chi connectivity index (χ4n) is 2.75. The number of ketones is 1. The van der Waals surface area contributed by atoms with Crippen molar-refractivity contribution in [1.82, 2.24) is 9.97 Å². The third-order valence-electron chi connectivity index (χ3n) is 4.14. The molecule has 3 rings (SSSR count). The second-order valence-corrected chi connectivity index (χ2v) is 10.1. The second-order valence-electron chi connectivity index (χ2n) is 6.45. The summed E-state index contributed by atoms with van der Waals surface area (Å²) in [6.07, 6.45) is -1.70. The molecule has 0 aliphatic carbocycles. The minimum absolute atomic E-state index is 0.0367. The molecule has 0 aliphatic rings. The number of carbonyl (C=O) groups excluding carboxylic acids is 1. The van der Waals surface area contributed by atoms with Gasteiger partial charge in [-0.1, -0.05) is 39.8 Å². The Bertz CT molecular complexity index is 978. The molecule has 160 valence electrons. The molecule has 0 radical (unpaired) electrons. The first kappa shape index (κ1) is 22.9. The minimum atomic E-state index is -4.38. The average molecular weight is 472 g/mol. The van der Waals surface area contributed by atoms with E-state index >= 15 is 0 Å². The monoisotopic (exact) mass is 471 g/mol. The van der Waals surface area contributed by atoms with E-state index < -0.39 is 11.7 Å². The van der Waals surface area contributed by atoms with Gasteiger partial charge in [-0.2, -0.15) is 13.2 Å². The molecule has 10 heteroatoms. The van der Waals surface area contributed by atoms with Gasteiger partial charge in [0.2, 0.25) is 0 Å². The molecule has 0 aliphatic heterocycles. The number of halogens is 3. The van der Waals surface area contributed by atoms with Crippen molar-refractivity contribution in [3.05, 3.63) is 53.2 Å². The molecule has 0 amide bonds. The van der Waals surface area contributed by atoms with Crippen LogP contribution in [0, 0.1) is 0 Å². The molecule has 0 bridgehead atoms. The Labute approximate surface area is 184 Å². The number of rotatable bonds is 11. The summed E-state index contributed by atoms with van der Waals surface area (Å²) in [5.41, 5.74) is 0.636. The van der Waals surface area contributed by atoms with E-state index in [1.807, 2.05) is 11.4 Å². The van der Waals surface area contributed by atoms with Gasteiger partial charge in [-0.05, 0) is 29.5 Å². The highest BCUT2D eigenvalue weighted by Crippen LogP contribution is 2.30. The smallest absolute Gasteiger partial charge is 0.368 e. The number of Topliss-reactive ketones (excluding diaryl/α,β-unsaturated/α-hetero) is 1. The molecule has 3 aromatic rings. The number of nitrogens with one attached hydrogen (secondary N) is 1. The number of benzene rings is 1. The molecular formula is C20H20F3N3OS3. The number of hydrogen-bond acceptors (Lipinski definition) is 7. The zero-order valence-corrected chi connectivity index (χ0v) is 18.4. The number of alkyl halides is 3. The van der Waals surface area contributed by atoms with Gasteiger partial charge in [0.05, 0.1) is 15.8 Å². The van der Waals surface area contributed by atoms with Gasteiger partial charge in [-0.15, -0.1) is 11.3 Å². The van der Waals surface area contributed by atoms with Crippen LogP contribution in [0.1, 0.15) is 24.0 Å². The molecule has 4 nitrogen and oxygen atoms in total. The van der Waals surface area contributed by atoms with Crippen LogP contribution < -0.4 is 5.32 Å². The molecule has 0 unspecified atom stereocenters. The fourth-order valence-corrected chi connectivity index (χ4v) is 5.55. The molecular weight excluding hydrogens is 451 g/mol. The van der Waals surface area contributed by atoms with Crippen LogP contribution in [0.25, 0.3) is 10.2 Å². The van der Waals surface area contributed by atoms with Crippen LogP contribution in [0.5, 0.6) is 0 Å². The topological polar surface area (TPSA) is 54.9 Å². The number of carbonyl (C=O) groups is 1. The maximum absolute atomic E-state index is 12.7. The number of hydrogen-bond donors (Lipinski definition) is 1. The van der Waals surface area contributed by atoms with Gasteiger partial charge in [0.1, 0.15) is 17.9 Å². The van der Waals surface area contributed by atoms with Crippen LogP contribution in [-0.2, 0) is 17.4 Å². The van der Waals surface area contributed by atoms with Crippen molar-refractivity contribution < 1.29 is 18.0 Å². The predicted octanol–water partition coefficient (Wildman–Crippen LogP) is 6.10. The zero-order valence-electron chi connectivity index (χ0n) is 15.9. The predicted molar refractivity (Wildman–Crippen MR) is 120 cm³/mol. The highest BCUT2D eigenvalue weighted by molar-refractivity contribution is 8.76. The lowest BCUT2D eigenvalue weighted by molar-refractivity contribution is -0.137. The van der Waals surface area contributed by atoms with Crippen LogP contribution in [0.15, 0.2) is 42.0 Å². The van der Waals surface area contributed by atoms with Crippen LogP contribution in [0.4, 0.5) is 19.0 Å². The second kappa shape index (κ2) is 11.0. The van der Waals surface area contributed by atoms with Gasteiger partial charge in [0, 0.05) is 30.9 Å². The summed E-state index contributed by atoms with van der Waals surface area (Å²) in [4.78, 5) is 20.5. The van der Waals surface area contributed by atoms with E-state index in [2.05, 4.69) is 15.3 Å². The Morgan fingerprint density at radius 1 is 1.13 bits per heavy atom. The normalized spacial score (nSPS) is 11.7. The Kier molecular flexibility index (Phi) is 8.41. The summed E-state index contributed by atoms with van der Waals surface area (Å²) in [5.74, 6) is 2.52. The molecule has 1 N–H and O–H groups in total. The average Bonchev–Trinajstić information content (AvgIpc) is 3.19. The molecule has 2 heterocycles. The van der Waals surface area contributed by atoms with Gasteiger partial charge in [-0.25, -0.2) is 9.97 Å². The Morgan fingerprint density at radius 2 is 1.97 bits per heavy atom. The zero-order chi connectivity index (χ0) is 21.4. The molecule has 0 saturated heterocycles. The first-order valence-corrected chi connectivity index (χ1v) is 12.6. The van der Waals surface area contributed by atoms with Crippen molar-refractivity contribution >= 4 is 54.7 Å². The van der Waals surface area contributed by atoms with Crippen molar-refractivity contribution in [2.45, 2.75) is 25.4 Å². The lowest BCUT2D eigenvalue weighted by Crippen LogP contribution is -2.08. The molecule has 0 saturated carbocycles. The van der Waals surface area contributed by atoms with Gasteiger partial charge in [-0.3, -0.25) is 4.79 Å². The van der Waals surface area contributed by atoms with Crippen molar-refractivity contribution in [3.63, 3.8) is 0 Å². The molecule has 0 spiro atoms. The first-order valence-electron chi connectivity index (χ1n) is 9.28. The third-order valence-corrected chi connectivity index (χ3v) is 7.55. The van der Waals surface area contributed by atoms with Gasteiger partial charge in [0.15, 0.2) is 0 Å². The Morgan fingerprint density at radius 3 is 2.80 bits per heavy atom. The maximum Gasteiger partial charge on any atom is 0.416 e. The van der Waals surface area contributed by atoms with E-state index in [1.54, 1.807) is 45.3 Å². The number of thiophene rings is 1. The van der Waals surface area contributed by atoms with Crippen molar-refractivity contribution in [3.8, 4) is 0 Å². The van der Waals surface area contributed by atoms with Gasteiger partial charge in [0.25, 0.3) is 0 Å². The fraction of sp³-hybridized carbons (Fsp3) is 0.350. The third kappa shape index (κ3) is 6.88. The van der Waals surface area contributed by atoms with Crippen molar-refractivity contribution in [2.24, 2.45) is 0 Å². The van der Waals surface area contributed by atoms with E-state index in [4.69, 9.17) is 0 Å². The summed E-state index contributed by atoms with van der Waals surface area (Å²) in [6.45, 7) is 0.774. The summed E-state index contributed by atoms with van der Waals surface area (Å²) in [6, 6.07) is 6.94. The van der Waals surface area contributed by atoms with Gasteiger partial charge < -0.3 is 5.32 Å². The van der Waals surface area contributed by atoms with E-state index in [0.29, 0.717) is 18.4 Å². The van der Waals surface area contributed by atoms with E-state index in [0.717, 1.165) is 46.2 Å². The Hall–Kier alpha value is -1.78. The van der Waals surface area contributed by atoms with E-state index in [-0.39, 0.29) is 12.2 Å². The SMILES string of the molecule is O=C(CCCSSCCNc1ncnc2ccsc12)Cc1cccc(C(F)(F)F)c1. The largest absolute Gasteiger partial charge is 0.416 e. The van der Waals surface area contributed by atoms with Crippen LogP contribution >= 0.6 is 32.9 Å². The first-order chi connectivity index (χ1) is 14.4. The minimum Gasteiger partial charge on any atom is -0.368 e. The highest BCUT2D eigenvalue weighted by atomic mass is 33.1. The number of anilines is 1. The molecule has 0 fully saturated rings. The number of nitrogens with zero attached hydrogens (tertiary/aromatic N) is 2. The number of fused-ring (bicyclic) bond motifs is 1. The molecule has 0 atom stereocenters. The lowest BCUT2D eigenvalue weighted by atomic mass is 10.0. The molecule has 30 heavy (non-hydrogen) atoms. The maximum atomic E-state index is 12.7. The summed E-state index contributed by atoms with van der Waals surface area (Å²) in [5, 5.41) is 5.31. The van der Waals surface area contributed by atoms with E-state index in [1.165, 1.54) is 6.07 Å². The standard InChI is InChI=1S/C20H20F3N3OS3/c21-20(22,23)15-4-1-3-14(11-15)12-16(27)5-2-8-29-30-10-7-24-19-18-17(6-9-28-18)25-13-26-19/h1,3-4,6,9,11,13H,2,5,7-8,10,12H2,(H,24,25,26). The summed E-state index contributed by atoms with van der Waals surface area (Å²) < 4.78 is 39.2. The molecule has 2 aromatic heterocycles. The van der Waals surface area contributed by atoms with Gasteiger partial charge >= 0.3 is 6.18 Å². The van der Waals surface area contributed by atoms with Crippen LogP contribution in [-0.4, -0.2) is 33.8 Å². The van der Waals surface area contributed by atoms with Crippen LogP contribution in [0.3, 0.4) is 0 Å². The number of aromatic nitrogens is 2. The summed E-state index contributed by atoms with van der Waals surface area (Å²) >= 11 is 1.61. The highest BCUT2D eigenvalue weighted by Gasteiger charge is 2.30. The van der Waals surface area contributed by atoms with E-state index in [9.17, 15) is 18.0 Å². The lowest BCUT2D eigenvalue weighted by Gasteiger charge is -2.08. The quantitative estimate of drug-likeness (QED) is 0.270. The van der Waals surface area contributed by atoms with Crippen molar-refractivity contribution in [2.75, 3.05) is 23.4 Å². The van der Waals surface area contributed by atoms with Crippen molar-refractivity contribution in [1.29, 1.82) is 0 Å².